The third-order valence-corrected chi connectivity index (χ3v) is 2.82. The number of hydrogen-bond acceptors (Lipinski definition) is 1. The molecule has 1 aliphatic carbocycles. The first kappa shape index (κ1) is 10.7. The van der Waals surface area contributed by atoms with Gasteiger partial charge in [-0.2, -0.15) is 4.99 Å². The van der Waals surface area contributed by atoms with Crippen molar-refractivity contribution in [1.82, 2.24) is 0 Å². The van der Waals surface area contributed by atoms with Crippen molar-refractivity contribution in [1.29, 1.82) is 0 Å². The van der Waals surface area contributed by atoms with Gasteiger partial charge in [0.05, 0.1) is 0 Å². The molecule has 1 saturated carbocycles. The normalized spacial score (nSPS) is 22.6. The van der Waals surface area contributed by atoms with Crippen LogP contribution in [-0.4, -0.2) is 11.9 Å². The molecule has 0 radical (unpaired) electrons. The van der Waals surface area contributed by atoms with E-state index in [1.807, 2.05) is 25.1 Å². The molecule has 2 rings (SSSR count). The fourth-order valence-electron chi connectivity index (χ4n) is 1.95. The molecular weight excluding hydrogens is 202 g/mol. The molecule has 2 atom stereocenters. The molecular formula is C12H15N3O. The summed E-state index contributed by atoms with van der Waals surface area (Å²) in [5.74, 6) is -0.106. The molecule has 1 aromatic rings. The summed E-state index contributed by atoms with van der Waals surface area (Å²) in [7, 11) is 0. The van der Waals surface area contributed by atoms with Gasteiger partial charge in [-0.15, -0.1) is 0 Å². The highest BCUT2D eigenvalue weighted by Crippen LogP contribution is 2.48. The maximum Gasteiger partial charge on any atom is 0.252 e. The van der Waals surface area contributed by atoms with Crippen LogP contribution in [0.2, 0.25) is 0 Å². The summed E-state index contributed by atoms with van der Waals surface area (Å²) in [6.45, 7) is 2.04. The van der Waals surface area contributed by atoms with Gasteiger partial charge in [0.1, 0.15) is 0 Å². The van der Waals surface area contributed by atoms with E-state index in [0.29, 0.717) is 0 Å². The lowest BCUT2D eigenvalue weighted by Gasteiger charge is -2.00. The summed E-state index contributed by atoms with van der Waals surface area (Å²) in [6, 6.07) is 8.19. The maximum absolute atomic E-state index is 11.5. The predicted molar refractivity (Wildman–Crippen MR) is 62.8 cm³/mol. The van der Waals surface area contributed by atoms with Gasteiger partial charge in [0.25, 0.3) is 5.91 Å². The van der Waals surface area contributed by atoms with Gasteiger partial charge in [-0.05, 0) is 24.8 Å². The van der Waals surface area contributed by atoms with Crippen LogP contribution in [0.25, 0.3) is 0 Å². The van der Waals surface area contributed by atoms with E-state index in [2.05, 4.69) is 11.1 Å². The molecule has 2 unspecified atom stereocenters. The maximum atomic E-state index is 11.5. The van der Waals surface area contributed by atoms with Crippen molar-refractivity contribution in [2.75, 3.05) is 0 Å². The Morgan fingerprint density at radius 3 is 2.81 bits per heavy atom. The number of benzene rings is 1. The quantitative estimate of drug-likeness (QED) is 0.570. The van der Waals surface area contributed by atoms with Crippen LogP contribution >= 0.6 is 0 Å². The van der Waals surface area contributed by atoms with Gasteiger partial charge in [0, 0.05) is 5.92 Å². The minimum atomic E-state index is -0.202. The summed E-state index contributed by atoms with van der Waals surface area (Å²) in [6.07, 6.45) is 0.846. The molecule has 1 amide bonds. The number of guanidine groups is 1. The van der Waals surface area contributed by atoms with Crippen LogP contribution < -0.4 is 11.5 Å². The molecule has 1 fully saturated rings. The molecule has 84 valence electrons. The standard InChI is InChI=1S/C12H15N3O/c1-7-3-2-4-8(5-7)9-6-10(9)11(16)15-12(13)14/h2-5,9-10H,6H2,1H3,(H4,13,14,15,16). The lowest BCUT2D eigenvalue weighted by atomic mass is 10.1. The summed E-state index contributed by atoms with van der Waals surface area (Å²) in [5, 5.41) is 0. The topological polar surface area (TPSA) is 81.5 Å². The van der Waals surface area contributed by atoms with E-state index >= 15 is 0 Å². The summed E-state index contributed by atoms with van der Waals surface area (Å²) in [4.78, 5) is 15.1. The largest absolute Gasteiger partial charge is 0.370 e. The molecule has 0 spiro atoms. The van der Waals surface area contributed by atoms with Crippen molar-refractivity contribution < 1.29 is 4.79 Å². The zero-order valence-electron chi connectivity index (χ0n) is 9.18. The lowest BCUT2D eigenvalue weighted by Crippen LogP contribution is -2.24. The van der Waals surface area contributed by atoms with Crippen molar-refractivity contribution in [3.8, 4) is 0 Å². The first-order valence-electron chi connectivity index (χ1n) is 5.28. The second kappa shape index (κ2) is 3.96. The molecule has 0 bridgehead atoms. The highest BCUT2D eigenvalue weighted by Gasteiger charge is 2.43. The summed E-state index contributed by atoms with van der Waals surface area (Å²) in [5.41, 5.74) is 12.8. The Hall–Kier alpha value is -1.84. The summed E-state index contributed by atoms with van der Waals surface area (Å²) < 4.78 is 0. The lowest BCUT2D eigenvalue weighted by molar-refractivity contribution is -0.119. The van der Waals surface area contributed by atoms with Crippen LogP contribution in [0, 0.1) is 12.8 Å². The van der Waals surface area contributed by atoms with E-state index in [9.17, 15) is 4.79 Å². The van der Waals surface area contributed by atoms with Crippen LogP contribution in [0.1, 0.15) is 23.5 Å². The van der Waals surface area contributed by atoms with Gasteiger partial charge < -0.3 is 11.5 Å². The van der Waals surface area contributed by atoms with E-state index in [1.165, 1.54) is 11.1 Å². The van der Waals surface area contributed by atoms with Crippen LogP contribution in [0.15, 0.2) is 29.3 Å². The number of amides is 1. The van der Waals surface area contributed by atoms with Crippen LogP contribution in [-0.2, 0) is 4.79 Å². The number of hydrogen-bond donors (Lipinski definition) is 2. The Bertz CT molecular complexity index is 449. The Morgan fingerprint density at radius 1 is 1.44 bits per heavy atom. The minimum Gasteiger partial charge on any atom is -0.370 e. The van der Waals surface area contributed by atoms with Crippen LogP contribution in [0.5, 0.6) is 0 Å². The Balaban J connectivity index is 2.07. The Kier molecular flexibility index (Phi) is 2.64. The molecule has 0 aromatic heterocycles. The third kappa shape index (κ3) is 2.21. The molecule has 1 aromatic carbocycles. The molecule has 4 N–H and O–H groups in total. The first-order chi connectivity index (χ1) is 7.58. The van der Waals surface area contributed by atoms with E-state index < -0.39 is 0 Å². The van der Waals surface area contributed by atoms with Gasteiger partial charge >= 0.3 is 0 Å². The number of aliphatic imine (C=N–C) groups is 1. The van der Waals surface area contributed by atoms with E-state index in [-0.39, 0.29) is 23.7 Å². The fraction of sp³-hybridized carbons (Fsp3) is 0.333. The summed E-state index contributed by atoms with van der Waals surface area (Å²) >= 11 is 0. The van der Waals surface area contributed by atoms with Crippen LogP contribution in [0.4, 0.5) is 0 Å². The monoisotopic (exact) mass is 217 g/mol. The first-order valence-corrected chi connectivity index (χ1v) is 5.28. The average molecular weight is 217 g/mol. The zero-order valence-corrected chi connectivity index (χ0v) is 9.18. The highest BCUT2D eigenvalue weighted by molar-refractivity contribution is 5.94. The number of carbonyl (C=O) groups is 1. The molecule has 4 heteroatoms. The Morgan fingerprint density at radius 2 is 2.19 bits per heavy atom. The SMILES string of the molecule is Cc1cccc(C2CC2C(=O)N=C(N)N)c1. The number of carbonyl (C=O) groups excluding carboxylic acids is 1. The molecule has 0 heterocycles. The second-order valence-electron chi connectivity index (χ2n) is 4.24. The van der Waals surface area contributed by atoms with Crippen molar-refractivity contribution in [2.24, 2.45) is 22.4 Å². The number of rotatable bonds is 2. The molecule has 1 aliphatic rings. The van der Waals surface area contributed by atoms with E-state index in [1.54, 1.807) is 0 Å². The molecule has 16 heavy (non-hydrogen) atoms. The number of nitrogens with zero attached hydrogens (tertiary/aromatic N) is 1. The number of aryl methyl sites for hydroxylation is 1. The fourth-order valence-corrected chi connectivity index (χ4v) is 1.95. The van der Waals surface area contributed by atoms with Gasteiger partial charge in [-0.3, -0.25) is 4.79 Å². The van der Waals surface area contributed by atoms with Crippen molar-refractivity contribution in [3.05, 3.63) is 35.4 Å². The van der Waals surface area contributed by atoms with Crippen molar-refractivity contribution in [3.63, 3.8) is 0 Å². The minimum absolute atomic E-state index is 0.0381. The molecule has 0 aliphatic heterocycles. The Labute approximate surface area is 94.4 Å². The van der Waals surface area contributed by atoms with Crippen LogP contribution in [0.3, 0.4) is 0 Å². The molecule has 4 nitrogen and oxygen atoms in total. The van der Waals surface area contributed by atoms with E-state index in [4.69, 9.17) is 11.5 Å². The van der Waals surface area contributed by atoms with Gasteiger partial charge in [-0.1, -0.05) is 29.8 Å². The highest BCUT2D eigenvalue weighted by atomic mass is 16.1. The van der Waals surface area contributed by atoms with Crippen molar-refractivity contribution in [2.45, 2.75) is 19.3 Å². The number of nitrogens with two attached hydrogens (primary N) is 2. The van der Waals surface area contributed by atoms with E-state index in [0.717, 1.165) is 6.42 Å². The smallest absolute Gasteiger partial charge is 0.252 e. The average Bonchev–Trinajstić information content (AvgIpc) is 2.95. The third-order valence-electron chi connectivity index (χ3n) is 2.82. The van der Waals surface area contributed by atoms with Gasteiger partial charge in [0.15, 0.2) is 5.96 Å². The van der Waals surface area contributed by atoms with Crippen molar-refractivity contribution >= 4 is 11.9 Å². The van der Waals surface area contributed by atoms with Gasteiger partial charge in [-0.25, -0.2) is 0 Å². The predicted octanol–water partition coefficient (Wildman–Crippen LogP) is 0.899. The van der Waals surface area contributed by atoms with Gasteiger partial charge in [0.2, 0.25) is 0 Å². The zero-order chi connectivity index (χ0) is 11.7. The second-order valence-corrected chi connectivity index (χ2v) is 4.24. The molecule has 0 saturated heterocycles.